The van der Waals surface area contributed by atoms with Crippen LogP contribution in [0.25, 0.3) is 5.82 Å². The van der Waals surface area contributed by atoms with Crippen molar-refractivity contribution in [3.05, 3.63) is 54.3 Å². The normalized spacial score (nSPS) is 16.6. The third-order valence-corrected chi connectivity index (χ3v) is 4.81. The van der Waals surface area contributed by atoms with Crippen LogP contribution in [0.4, 0.5) is 18.9 Å². The van der Waals surface area contributed by atoms with E-state index in [0.717, 1.165) is 10.4 Å². The van der Waals surface area contributed by atoms with Gasteiger partial charge in [-0.1, -0.05) is 0 Å². The van der Waals surface area contributed by atoms with Crippen molar-refractivity contribution in [1.29, 1.82) is 0 Å². The summed E-state index contributed by atoms with van der Waals surface area (Å²) in [5.41, 5.74) is 0.948. The number of pyridine rings is 1. The van der Waals surface area contributed by atoms with Gasteiger partial charge in [0.15, 0.2) is 0 Å². The van der Waals surface area contributed by atoms with Crippen LogP contribution in [0.5, 0.6) is 0 Å². The highest BCUT2D eigenvalue weighted by atomic mass is 19.4. The number of carbonyl (C=O) groups is 1. The van der Waals surface area contributed by atoms with E-state index in [0.29, 0.717) is 23.6 Å². The van der Waals surface area contributed by atoms with E-state index in [9.17, 15) is 18.0 Å². The van der Waals surface area contributed by atoms with Crippen LogP contribution in [0.1, 0.15) is 23.8 Å². The van der Waals surface area contributed by atoms with Gasteiger partial charge in [0.05, 0.1) is 11.9 Å². The van der Waals surface area contributed by atoms with E-state index in [1.165, 1.54) is 6.20 Å². The first-order valence-corrected chi connectivity index (χ1v) is 8.72. The van der Waals surface area contributed by atoms with Crippen LogP contribution in [0.2, 0.25) is 0 Å². The summed E-state index contributed by atoms with van der Waals surface area (Å²) in [5.74, 6) is -0.0956. The van der Waals surface area contributed by atoms with E-state index >= 15 is 0 Å². The van der Waals surface area contributed by atoms with Crippen molar-refractivity contribution in [1.82, 2.24) is 24.1 Å². The van der Waals surface area contributed by atoms with Gasteiger partial charge in [-0.05, 0) is 25.5 Å². The molecule has 10 heteroatoms. The van der Waals surface area contributed by atoms with Crippen molar-refractivity contribution in [3.63, 3.8) is 0 Å². The van der Waals surface area contributed by atoms with Crippen LogP contribution in [0.3, 0.4) is 0 Å². The first-order valence-electron chi connectivity index (χ1n) is 8.72. The number of imidazole rings is 2. The summed E-state index contributed by atoms with van der Waals surface area (Å²) in [6.07, 6.45) is 2.25. The quantitative estimate of drug-likeness (QED) is 0.746. The number of amides is 1. The number of fused-ring (bicyclic) bond motifs is 1. The average molecular weight is 390 g/mol. The van der Waals surface area contributed by atoms with Crippen LogP contribution >= 0.6 is 0 Å². The lowest BCUT2D eigenvalue weighted by Gasteiger charge is -2.24. The van der Waals surface area contributed by atoms with Crippen LogP contribution in [0, 0.1) is 12.8 Å². The standard InChI is InChI=1S/C18H17F3N6O/c1-11-22-5-7-26(11)15-3-2-13(9-23-15)25-16(28)12-4-6-27-14(8-12)10-24-17(27)18(19,20)21/h2-3,5,7,9-10,12H,4,6,8H2,1H3,(H,25,28)/t12-/m1/s1. The molecule has 4 rings (SSSR count). The highest BCUT2D eigenvalue weighted by molar-refractivity contribution is 5.92. The number of aromatic nitrogens is 5. The van der Waals surface area contributed by atoms with E-state index in [4.69, 9.17) is 0 Å². The van der Waals surface area contributed by atoms with Gasteiger partial charge in [0.1, 0.15) is 11.6 Å². The number of aryl methyl sites for hydroxylation is 1. The summed E-state index contributed by atoms with van der Waals surface area (Å²) in [5, 5.41) is 2.79. The Morgan fingerprint density at radius 2 is 2.04 bits per heavy atom. The predicted octanol–water partition coefficient (Wildman–Crippen LogP) is 2.99. The molecule has 3 aromatic heterocycles. The Bertz CT molecular complexity index is 1010. The molecule has 1 aliphatic rings. The third kappa shape index (κ3) is 3.37. The maximum absolute atomic E-state index is 12.9. The second kappa shape index (κ2) is 6.77. The average Bonchev–Trinajstić information content (AvgIpc) is 3.27. The van der Waals surface area contributed by atoms with Gasteiger partial charge in [-0.15, -0.1) is 0 Å². The van der Waals surface area contributed by atoms with Crippen molar-refractivity contribution < 1.29 is 18.0 Å². The summed E-state index contributed by atoms with van der Waals surface area (Å²) in [6, 6.07) is 3.49. The Balaban J connectivity index is 1.43. The fourth-order valence-corrected chi connectivity index (χ4v) is 3.38. The van der Waals surface area contributed by atoms with Gasteiger partial charge in [-0.3, -0.25) is 9.36 Å². The molecule has 0 fully saturated rings. The smallest absolute Gasteiger partial charge is 0.324 e. The molecule has 0 spiro atoms. The van der Waals surface area contributed by atoms with E-state index < -0.39 is 17.9 Å². The molecule has 1 amide bonds. The Labute approximate surface area is 158 Å². The van der Waals surface area contributed by atoms with Crippen molar-refractivity contribution >= 4 is 11.6 Å². The van der Waals surface area contributed by atoms with Crippen LogP contribution < -0.4 is 5.32 Å². The van der Waals surface area contributed by atoms with Crippen molar-refractivity contribution in [2.75, 3.05) is 5.32 Å². The molecule has 0 unspecified atom stereocenters. The number of nitrogens with one attached hydrogen (secondary N) is 1. The van der Waals surface area contributed by atoms with E-state index in [-0.39, 0.29) is 18.9 Å². The molecular weight excluding hydrogens is 373 g/mol. The summed E-state index contributed by atoms with van der Waals surface area (Å²) in [4.78, 5) is 24.5. The Hall–Kier alpha value is -3.17. The molecule has 0 aromatic carbocycles. The lowest BCUT2D eigenvalue weighted by Crippen LogP contribution is -2.31. The van der Waals surface area contributed by atoms with Gasteiger partial charge in [0, 0.05) is 43.2 Å². The molecule has 0 saturated carbocycles. The molecule has 0 bridgehead atoms. The maximum atomic E-state index is 12.9. The van der Waals surface area contributed by atoms with Gasteiger partial charge >= 0.3 is 6.18 Å². The van der Waals surface area contributed by atoms with Gasteiger partial charge in [-0.2, -0.15) is 13.2 Å². The first-order chi connectivity index (χ1) is 13.3. The fraction of sp³-hybridized carbons (Fsp3) is 0.333. The van der Waals surface area contributed by atoms with Crippen LogP contribution in [0.15, 0.2) is 36.9 Å². The molecule has 28 heavy (non-hydrogen) atoms. The fourth-order valence-electron chi connectivity index (χ4n) is 3.38. The number of alkyl halides is 3. The largest absolute Gasteiger partial charge is 0.449 e. The Kier molecular flexibility index (Phi) is 4.40. The summed E-state index contributed by atoms with van der Waals surface area (Å²) < 4.78 is 41.8. The molecule has 3 aromatic rings. The van der Waals surface area contributed by atoms with Crippen LogP contribution in [-0.4, -0.2) is 30.0 Å². The minimum Gasteiger partial charge on any atom is -0.324 e. The molecular formula is C18H17F3N6O. The zero-order chi connectivity index (χ0) is 19.9. The Morgan fingerprint density at radius 3 is 2.68 bits per heavy atom. The third-order valence-electron chi connectivity index (χ3n) is 4.81. The number of carbonyl (C=O) groups excluding carboxylic acids is 1. The van der Waals surface area contributed by atoms with Gasteiger partial charge < -0.3 is 9.88 Å². The molecule has 1 N–H and O–H groups in total. The number of nitrogens with zero attached hydrogens (tertiary/aromatic N) is 5. The molecule has 1 aliphatic heterocycles. The van der Waals surface area contributed by atoms with Gasteiger partial charge in [0.2, 0.25) is 11.7 Å². The summed E-state index contributed by atoms with van der Waals surface area (Å²) in [7, 11) is 0. The number of anilines is 1. The zero-order valence-corrected chi connectivity index (χ0v) is 14.9. The lowest BCUT2D eigenvalue weighted by atomic mass is 9.95. The minimum absolute atomic E-state index is 0.110. The molecule has 146 valence electrons. The van der Waals surface area contributed by atoms with E-state index in [1.807, 2.05) is 11.5 Å². The van der Waals surface area contributed by atoms with E-state index in [1.54, 1.807) is 30.7 Å². The topological polar surface area (TPSA) is 77.6 Å². The second-order valence-electron chi connectivity index (χ2n) is 6.65. The zero-order valence-electron chi connectivity index (χ0n) is 14.9. The molecule has 1 atom stereocenters. The monoisotopic (exact) mass is 390 g/mol. The highest BCUT2D eigenvalue weighted by Crippen LogP contribution is 2.32. The van der Waals surface area contributed by atoms with E-state index in [2.05, 4.69) is 20.3 Å². The number of halogens is 3. The first kappa shape index (κ1) is 18.2. The van der Waals surface area contributed by atoms with Gasteiger partial charge in [0.25, 0.3) is 0 Å². The molecule has 0 aliphatic carbocycles. The summed E-state index contributed by atoms with van der Waals surface area (Å²) in [6.45, 7) is 1.97. The lowest BCUT2D eigenvalue weighted by molar-refractivity contribution is -0.147. The highest BCUT2D eigenvalue weighted by Gasteiger charge is 2.39. The predicted molar refractivity (Wildman–Crippen MR) is 93.8 cm³/mol. The molecule has 0 radical (unpaired) electrons. The number of rotatable bonds is 3. The van der Waals surface area contributed by atoms with Crippen molar-refractivity contribution in [2.24, 2.45) is 5.92 Å². The van der Waals surface area contributed by atoms with Crippen molar-refractivity contribution in [3.8, 4) is 5.82 Å². The number of hydrogen-bond donors (Lipinski definition) is 1. The van der Waals surface area contributed by atoms with Crippen molar-refractivity contribution in [2.45, 2.75) is 32.5 Å². The van der Waals surface area contributed by atoms with Gasteiger partial charge in [-0.25, -0.2) is 15.0 Å². The number of hydrogen-bond acceptors (Lipinski definition) is 4. The summed E-state index contributed by atoms with van der Waals surface area (Å²) >= 11 is 0. The minimum atomic E-state index is -4.49. The SMILES string of the molecule is Cc1nccn1-c1ccc(NC(=O)[C@@H]2CCn3c(cnc3C(F)(F)F)C2)cn1. The molecule has 7 nitrogen and oxygen atoms in total. The Morgan fingerprint density at radius 1 is 1.21 bits per heavy atom. The molecule has 4 heterocycles. The maximum Gasteiger partial charge on any atom is 0.449 e. The molecule has 0 saturated heterocycles. The second-order valence-corrected chi connectivity index (χ2v) is 6.65. The van der Waals surface area contributed by atoms with Crippen LogP contribution in [-0.2, 0) is 23.9 Å².